The molecule has 2 aromatic carbocycles. The van der Waals surface area contributed by atoms with Crippen molar-refractivity contribution in [3.8, 4) is 0 Å². The summed E-state index contributed by atoms with van der Waals surface area (Å²) in [6, 6.07) is 12.1. The van der Waals surface area contributed by atoms with Crippen LogP contribution >= 0.6 is 22.9 Å². The molecule has 7 nitrogen and oxygen atoms in total. The van der Waals surface area contributed by atoms with Crippen molar-refractivity contribution in [3.63, 3.8) is 0 Å². The molecule has 1 unspecified atom stereocenters. The average Bonchev–Trinajstić information content (AvgIpc) is 3.27. The molecule has 0 spiro atoms. The maximum atomic E-state index is 13.1. The third-order valence-electron chi connectivity index (χ3n) is 6.63. The molecule has 34 heavy (non-hydrogen) atoms. The maximum Gasteiger partial charge on any atom is 0.253 e. The predicted molar refractivity (Wildman–Crippen MR) is 136 cm³/mol. The monoisotopic (exact) mass is 518 g/mol. The van der Waals surface area contributed by atoms with E-state index in [1.54, 1.807) is 39.9 Å². The van der Waals surface area contributed by atoms with Gasteiger partial charge in [-0.3, -0.25) is 4.79 Å². The SMILES string of the molecule is CC1CCCCN1S(=O)(=O)c1ccc(C(=O)N2CCN(c3nc4ccc(Cl)cc4s3)CC2)cc1. The molecule has 180 valence electrons. The molecule has 5 rings (SSSR count). The Kier molecular flexibility index (Phi) is 6.54. The Morgan fingerprint density at radius 3 is 2.47 bits per heavy atom. The smallest absolute Gasteiger partial charge is 0.253 e. The number of amides is 1. The van der Waals surface area contributed by atoms with Gasteiger partial charge in [0.15, 0.2) is 5.13 Å². The quantitative estimate of drug-likeness (QED) is 0.509. The first-order valence-corrected chi connectivity index (χ1v) is 14.2. The lowest BCUT2D eigenvalue weighted by Gasteiger charge is -2.34. The van der Waals surface area contributed by atoms with Crippen molar-refractivity contribution in [2.45, 2.75) is 37.1 Å². The van der Waals surface area contributed by atoms with Crippen LogP contribution in [0.1, 0.15) is 36.5 Å². The Labute approximate surface area is 209 Å². The zero-order valence-corrected chi connectivity index (χ0v) is 21.4. The van der Waals surface area contributed by atoms with Gasteiger partial charge in [-0.25, -0.2) is 13.4 Å². The molecule has 1 amide bonds. The molecule has 0 radical (unpaired) electrons. The summed E-state index contributed by atoms with van der Waals surface area (Å²) < 4.78 is 28.7. The molecular formula is C24H27ClN4O3S2. The Balaban J connectivity index is 1.24. The maximum absolute atomic E-state index is 13.1. The van der Waals surface area contributed by atoms with Crippen LogP contribution in [0.3, 0.4) is 0 Å². The summed E-state index contributed by atoms with van der Waals surface area (Å²) in [4.78, 5) is 22.0. The number of carbonyl (C=O) groups is 1. The van der Waals surface area contributed by atoms with Gasteiger partial charge < -0.3 is 9.80 Å². The molecule has 3 aromatic rings. The molecule has 0 N–H and O–H groups in total. The largest absolute Gasteiger partial charge is 0.345 e. The molecule has 1 aromatic heterocycles. The summed E-state index contributed by atoms with van der Waals surface area (Å²) in [7, 11) is -3.54. The molecule has 2 aliphatic heterocycles. The van der Waals surface area contributed by atoms with Crippen molar-refractivity contribution < 1.29 is 13.2 Å². The number of hydrogen-bond acceptors (Lipinski definition) is 6. The number of rotatable bonds is 4. The van der Waals surface area contributed by atoms with Crippen molar-refractivity contribution in [2.24, 2.45) is 0 Å². The number of anilines is 1. The molecule has 0 saturated carbocycles. The number of thiazole rings is 1. The van der Waals surface area contributed by atoms with Crippen LogP contribution in [0, 0.1) is 0 Å². The lowest BCUT2D eigenvalue weighted by molar-refractivity contribution is 0.0746. The van der Waals surface area contributed by atoms with E-state index in [0.717, 1.165) is 34.6 Å². The second-order valence-electron chi connectivity index (χ2n) is 8.87. The molecule has 3 heterocycles. The molecule has 1 atom stereocenters. The first kappa shape index (κ1) is 23.5. The minimum absolute atomic E-state index is 0.00349. The van der Waals surface area contributed by atoms with Gasteiger partial charge in [-0.15, -0.1) is 0 Å². The van der Waals surface area contributed by atoms with E-state index < -0.39 is 10.0 Å². The van der Waals surface area contributed by atoms with Gasteiger partial charge in [0.2, 0.25) is 10.0 Å². The van der Waals surface area contributed by atoms with Crippen LogP contribution in [0.25, 0.3) is 10.2 Å². The highest BCUT2D eigenvalue weighted by Crippen LogP contribution is 2.31. The van der Waals surface area contributed by atoms with E-state index in [0.29, 0.717) is 43.3 Å². The minimum Gasteiger partial charge on any atom is -0.345 e. The van der Waals surface area contributed by atoms with Crippen LogP contribution < -0.4 is 4.90 Å². The summed E-state index contributed by atoms with van der Waals surface area (Å²) in [6.45, 7) is 5.06. The highest BCUT2D eigenvalue weighted by atomic mass is 35.5. The second kappa shape index (κ2) is 9.45. The van der Waals surface area contributed by atoms with E-state index >= 15 is 0 Å². The summed E-state index contributed by atoms with van der Waals surface area (Å²) in [5.74, 6) is -0.0778. The van der Waals surface area contributed by atoms with Crippen LogP contribution in [0.4, 0.5) is 5.13 Å². The summed E-state index contributed by atoms with van der Waals surface area (Å²) in [6.07, 6.45) is 2.82. The van der Waals surface area contributed by atoms with Crippen molar-refractivity contribution >= 4 is 54.2 Å². The van der Waals surface area contributed by atoms with Crippen LogP contribution in [-0.2, 0) is 10.0 Å². The van der Waals surface area contributed by atoms with Crippen molar-refractivity contribution in [2.75, 3.05) is 37.6 Å². The van der Waals surface area contributed by atoms with Gasteiger partial charge in [0.25, 0.3) is 5.91 Å². The number of aromatic nitrogens is 1. The Hall–Kier alpha value is -2.20. The zero-order chi connectivity index (χ0) is 23.9. The zero-order valence-electron chi connectivity index (χ0n) is 19.0. The Morgan fingerprint density at radius 1 is 1.03 bits per heavy atom. The normalized spacial score (nSPS) is 20.1. The number of fused-ring (bicyclic) bond motifs is 1. The lowest BCUT2D eigenvalue weighted by atomic mass is 10.1. The minimum atomic E-state index is -3.54. The Morgan fingerprint density at radius 2 is 1.76 bits per heavy atom. The topological polar surface area (TPSA) is 73.8 Å². The average molecular weight is 519 g/mol. The number of piperidine rings is 1. The molecule has 2 fully saturated rings. The van der Waals surface area contributed by atoms with Crippen LogP contribution in [-0.4, -0.2) is 67.3 Å². The van der Waals surface area contributed by atoms with E-state index in [1.165, 1.54) is 0 Å². The third kappa shape index (κ3) is 4.54. The second-order valence-corrected chi connectivity index (χ2v) is 12.2. The molecule has 2 aliphatic rings. The van der Waals surface area contributed by atoms with E-state index in [2.05, 4.69) is 4.90 Å². The van der Waals surface area contributed by atoms with Crippen LogP contribution in [0.5, 0.6) is 0 Å². The van der Waals surface area contributed by atoms with Crippen molar-refractivity contribution in [1.82, 2.24) is 14.2 Å². The van der Waals surface area contributed by atoms with Crippen LogP contribution in [0.2, 0.25) is 5.02 Å². The molecule has 0 aliphatic carbocycles. The fourth-order valence-electron chi connectivity index (χ4n) is 4.64. The number of nitrogens with zero attached hydrogens (tertiary/aromatic N) is 4. The number of halogens is 1. The van der Waals surface area contributed by atoms with Crippen LogP contribution in [0.15, 0.2) is 47.4 Å². The first-order chi connectivity index (χ1) is 16.3. The van der Waals surface area contributed by atoms with Gasteiger partial charge in [0, 0.05) is 49.4 Å². The Bertz CT molecular complexity index is 1300. The van der Waals surface area contributed by atoms with Gasteiger partial charge in [-0.1, -0.05) is 29.4 Å². The van der Waals surface area contributed by atoms with E-state index in [9.17, 15) is 13.2 Å². The lowest BCUT2D eigenvalue weighted by Crippen LogP contribution is -2.48. The molecule has 2 saturated heterocycles. The van der Waals surface area contributed by atoms with Crippen molar-refractivity contribution in [3.05, 3.63) is 53.1 Å². The predicted octanol–water partition coefficient (Wildman–Crippen LogP) is 4.48. The highest BCUT2D eigenvalue weighted by Gasteiger charge is 2.31. The van der Waals surface area contributed by atoms with E-state index in [4.69, 9.17) is 16.6 Å². The number of carbonyl (C=O) groups excluding carboxylic acids is 1. The molecule has 0 bridgehead atoms. The fraction of sp³-hybridized carbons (Fsp3) is 0.417. The van der Waals surface area contributed by atoms with Gasteiger partial charge in [0.05, 0.1) is 15.1 Å². The van der Waals surface area contributed by atoms with Gasteiger partial charge in [-0.2, -0.15) is 4.31 Å². The molecule has 10 heteroatoms. The van der Waals surface area contributed by atoms with Gasteiger partial charge in [0.1, 0.15) is 0 Å². The fourth-order valence-corrected chi connectivity index (χ4v) is 7.63. The number of sulfonamides is 1. The van der Waals surface area contributed by atoms with Gasteiger partial charge >= 0.3 is 0 Å². The number of benzene rings is 2. The van der Waals surface area contributed by atoms with E-state index in [-0.39, 0.29) is 16.8 Å². The third-order valence-corrected chi connectivity index (χ3v) is 9.97. The first-order valence-electron chi connectivity index (χ1n) is 11.6. The standard InChI is InChI=1S/C24H27ClN4O3S2/c1-17-4-2-3-11-29(17)34(31,32)20-8-5-18(6-9-20)23(30)27-12-14-28(15-13-27)24-26-21-10-7-19(25)16-22(21)33-24/h5-10,16-17H,2-4,11-15H2,1H3. The van der Waals surface area contributed by atoms with E-state index in [1.807, 2.05) is 30.0 Å². The van der Waals surface area contributed by atoms with Crippen molar-refractivity contribution in [1.29, 1.82) is 0 Å². The summed E-state index contributed by atoms with van der Waals surface area (Å²) in [5, 5.41) is 1.63. The highest BCUT2D eigenvalue weighted by molar-refractivity contribution is 7.89. The molecular weight excluding hydrogens is 492 g/mol. The summed E-state index contributed by atoms with van der Waals surface area (Å²) >= 11 is 7.70. The summed E-state index contributed by atoms with van der Waals surface area (Å²) in [5.41, 5.74) is 1.44. The van der Waals surface area contributed by atoms with Gasteiger partial charge in [-0.05, 0) is 62.2 Å². The number of hydrogen-bond donors (Lipinski definition) is 0. The number of piperazine rings is 1.